The Morgan fingerprint density at radius 2 is 2.10 bits per heavy atom. The van der Waals surface area contributed by atoms with Crippen molar-refractivity contribution in [3.8, 4) is 5.75 Å². The molecule has 0 saturated heterocycles. The summed E-state index contributed by atoms with van der Waals surface area (Å²) in [5.41, 5.74) is 0.992. The van der Waals surface area contributed by atoms with E-state index in [4.69, 9.17) is 5.11 Å². The maximum absolute atomic E-state index is 9.15. The first-order valence-electron chi connectivity index (χ1n) is 3.52. The number of phenolic OH excluding ortho intramolecular Hbond substituents is 1. The third-order valence-electron chi connectivity index (χ3n) is 1.67. The van der Waals surface area contributed by atoms with Crippen LogP contribution in [-0.2, 0) is 0 Å². The van der Waals surface area contributed by atoms with E-state index in [9.17, 15) is 0 Å². The van der Waals surface area contributed by atoms with Crippen LogP contribution in [0.25, 0.3) is 0 Å². The minimum atomic E-state index is -0.0572. The molecule has 0 aliphatic heterocycles. The quantitative estimate of drug-likeness (QED) is 0.582. The van der Waals surface area contributed by atoms with Gasteiger partial charge in [0.1, 0.15) is 5.75 Å². The Hall–Kier alpha value is -0.763. The van der Waals surface area contributed by atoms with Gasteiger partial charge in [-0.1, -0.05) is 23.9 Å². The molecule has 0 aromatic heterocycles. The highest BCUT2D eigenvalue weighted by Crippen LogP contribution is 2.11. The van der Waals surface area contributed by atoms with Crippen molar-refractivity contribution in [1.29, 1.82) is 0 Å². The summed E-state index contributed by atoms with van der Waals surface area (Å²) in [6, 6.07) is 5.86. The summed E-state index contributed by atoms with van der Waals surface area (Å²) in [6.07, 6.45) is 0. The SMILES string of the molecule is C[SiH2]c1ccc(O)c(C)c1. The minimum absolute atomic E-state index is 0.0572. The molecule has 0 saturated carbocycles. The molecule has 0 unspecified atom stereocenters. The molecule has 0 fully saturated rings. The summed E-state index contributed by atoms with van der Waals surface area (Å²) in [5, 5.41) is 10.6. The van der Waals surface area contributed by atoms with Crippen molar-refractivity contribution in [2.24, 2.45) is 0 Å². The van der Waals surface area contributed by atoms with Gasteiger partial charge in [-0.3, -0.25) is 0 Å². The van der Waals surface area contributed by atoms with Crippen LogP contribution in [0.2, 0.25) is 6.55 Å². The number of benzene rings is 1. The Morgan fingerprint density at radius 3 is 2.60 bits per heavy atom. The molecule has 1 rings (SSSR count). The molecule has 0 aliphatic carbocycles. The van der Waals surface area contributed by atoms with Crippen LogP contribution in [-0.4, -0.2) is 14.6 Å². The molecule has 1 N–H and O–H groups in total. The van der Waals surface area contributed by atoms with Crippen molar-refractivity contribution in [3.63, 3.8) is 0 Å². The first-order chi connectivity index (χ1) is 4.74. The number of hydrogen-bond acceptors (Lipinski definition) is 1. The van der Waals surface area contributed by atoms with Crippen LogP contribution in [0.4, 0.5) is 0 Å². The zero-order valence-corrected chi connectivity index (χ0v) is 7.80. The fourth-order valence-corrected chi connectivity index (χ4v) is 1.80. The van der Waals surface area contributed by atoms with Crippen LogP contribution in [0, 0.1) is 6.92 Å². The second kappa shape index (κ2) is 2.88. The van der Waals surface area contributed by atoms with Gasteiger partial charge in [0.15, 0.2) is 0 Å². The molecule has 0 aliphatic rings. The highest BCUT2D eigenvalue weighted by atomic mass is 28.2. The van der Waals surface area contributed by atoms with E-state index < -0.39 is 0 Å². The van der Waals surface area contributed by atoms with Crippen molar-refractivity contribution >= 4 is 14.7 Å². The Bertz CT molecular complexity index is 233. The summed E-state index contributed by atoms with van der Waals surface area (Å²) in [4.78, 5) is 0. The standard InChI is InChI=1S/C8H12OSi/c1-6-5-7(10-2)3-4-8(6)9/h3-5,9H,10H2,1-2H3. The van der Waals surface area contributed by atoms with Crippen molar-refractivity contribution in [3.05, 3.63) is 23.8 Å². The first-order valence-corrected chi connectivity index (χ1v) is 5.64. The van der Waals surface area contributed by atoms with Gasteiger partial charge in [0, 0.05) is 0 Å². The Morgan fingerprint density at radius 1 is 1.40 bits per heavy atom. The fraction of sp³-hybridized carbons (Fsp3) is 0.250. The monoisotopic (exact) mass is 152 g/mol. The lowest BCUT2D eigenvalue weighted by atomic mass is 10.2. The van der Waals surface area contributed by atoms with E-state index in [0.29, 0.717) is 5.75 Å². The Balaban J connectivity index is 3.04. The molecule has 1 aromatic carbocycles. The zero-order chi connectivity index (χ0) is 7.56. The summed E-state index contributed by atoms with van der Waals surface area (Å²) < 4.78 is 0. The highest BCUT2D eigenvalue weighted by molar-refractivity contribution is 6.51. The lowest BCUT2D eigenvalue weighted by Crippen LogP contribution is -2.09. The molecule has 54 valence electrons. The molecule has 0 bridgehead atoms. The number of phenols is 1. The zero-order valence-electron chi connectivity index (χ0n) is 6.39. The van der Waals surface area contributed by atoms with Gasteiger partial charge in [-0.25, -0.2) is 0 Å². The minimum Gasteiger partial charge on any atom is -0.508 e. The van der Waals surface area contributed by atoms with Gasteiger partial charge in [-0.2, -0.15) is 0 Å². The average molecular weight is 152 g/mol. The molecule has 1 nitrogen and oxygen atoms in total. The van der Waals surface area contributed by atoms with E-state index in [1.54, 1.807) is 6.07 Å². The molecule has 0 atom stereocenters. The Kier molecular flexibility index (Phi) is 2.12. The maximum atomic E-state index is 9.15. The summed E-state index contributed by atoms with van der Waals surface area (Å²) in [5.74, 6) is 0.409. The lowest BCUT2D eigenvalue weighted by molar-refractivity contribution is 0.471. The summed E-state index contributed by atoms with van der Waals surface area (Å²) in [6.45, 7) is 4.18. The van der Waals surface area contributed by atoms with Crippen LogP contribution in [0.15, 0.2) is 18.2 Å². The molecular formula is C8H12OSi. The number of aromatic hydroxyl groups is 1. The first kappa shape index (κ1) is 7.35. The largest absolute Gasteiger partial charge is 0.508 e. The van der Waals surface area contributed by atoms with Gasteiger partial charge in [0.05, 0.1) is 9.52 Å². The predicted molar refractivity (Wildman–Crippen MR) is 46.9 cm³/mol. The van der Waals surface area contributed by atoms with Crippen molar-refractivity contribution in [2.45, 2.75) is 13.5 Å². The third-order valence-corrected chi connectivity index (χ3v) is 2.93. The fourth-order valence-electron chi connectivity index (χ4n) is 0.937. The van der Waals surface area contributed by atoms with Gasteiger partial charge in [0.2, 0.25) is 0 Å². The molecule has 0 heterocycles. The molecule has 2 heteroatoms. The van der Waals surface area contributed by atoms with E-state index >= 15 is 0 Å². The van der Waals surface area contributed by atoms with Gasteiger partial charge in [0.25, 0.3) is 0 Å². The smallest absolute Gasteiger partial charge is 0.118 e. The van der Waals surface area contributed by atoms with E-state index in [1.807, 2.05) is 13.0 Å². The second-order valence-electron chi connectivity index (χ2n) is 2.47. The molecule has 10 heavy (non-hydrogen) atoms. The number of aryl methyl sites for hydroxylation is 1. The van der Waals surface area contributed by atoms with E-state index in [-0.39, 0.29) is 9.52 Å². The van der Waals surface area contributed by atoms with Gasteiger partial charge in [-0.05, 0) is 18.6 Å². The van der Waals surface area contributed by atoms with E-state index in [2.05, 4.69) is 12.6 Å². The van der Waals surface area contributed by atoms with E-state index in [0.717, 1.165) is 5.56 Å². The van der Waals surface area contributed by atoms with Gasteiger partial charge >= 0.3 is 0 Å². The molecule has 1 aromatic rings. The molecule has 0 amide bonds. The van der Waals surface area contributed by atoms with Gasteiger partial charge in [-0.15, -0.1) is 0 Å². The van der Waals surface area contributed by atoms with Gasteiger partial charge < -0.3 is 5.11 Å². The number of rotatable bonds is 1. The molecule has 0 radical (unpaired) electrons. The van der Waals surface area contributed by atoms with Crippen LogP contribution in [0.1, 0.15) is 5.56 Å². The van der Waals surface area contributed by atoms with Crippen molar-refractivity contribution in [1.82, 2.24) is 0 Å². The molecule has 0 spiro atoms. The van der Waals surface area contributed by atoms with Crippen molar-refractivity contribution in [2.75, 3.05) is 0 Å². The topological polar surface area (TPSA) is 20.2 Å². The summed E-state index contributed by atoms with van der Waals surface area (Å²) >= 11 is 0. The average Bonchev–Trinajstić information content (AvgIpc) is 1.95. The number of hydrogen-bond donors (Lipinski definition) is 1. The normalized spacial score (nSPS) is 11.0. The van der Waals surface area contributed by atoms with Crippen LogP contribution in [0.5, 0.6) is 5.75 Å². The Labute approximate surface area is 63.5 Å². The highest BCUT2D eigenvalue weighted by Gasteiger charge is 1.94. The van der Waals surface area contributed by atoms with Crippen molar-refractivity contribution < 1.29 is 5.11 Å². The summed E-state index contributed by atoms with van der Waals surface area (Å²) in [7, 11) is -0.0572. The van der Waals surface area contributed by atoms with Crippen LogP contribution in [0.3, 0.4) is 0 Å². The maximum Gasteiger partial charge on any atom is 0.118 e. The predicted octanol–water partition coefficient (Wildman–Crippen LogP) is 0.543. The van der Waals surface area contributed by atoms with E-state index in [1.165, 1.54) is 5.19 Å². The molecular weight excluding hydrogens is 140 g/mol. The lowest BCUT2D eigenvalue weighted by Gasteiger charge is -1.99. The second-order valence-corrected chi connectivity index (χ2v) is 4.00. The van der Waals surface area contributed by atoms with Crippen LogP contribution >= 0.6 is 0 Å². The third kappa shape index (κ3) is 1.39. The van der Waals surface area contributed by atoms with Crippen LogP contribution < -0.4 is 5.19 Å².